The van der Waals surface area contributed by atoms with E-state index in [1.54, 1.807) is 17.9 Å². The highest BCUT2D eigenvalue weighted by Crippen LogP contribution is 2.30. The van der Waals surface area contributed by atoms with Crippen LogP contribution in [0, 0.1) is 6.92 Å². The summed E-state index contributed by atoms with van der Waals surface area (Å²) in [6.07, 6.45) is 0. The summed E-state index contributed by atoms with van der Waals surface area (Å²) < 4.78 is 7.00. The molecule has 0 fully saturated rings. The van der Waals surface area contributed by atoms with Crippen molar-refractivity contribution in [2.45, 2.75) is 6.92 Å². The fourth-order valence-electron chi connectivity index (χ4n) is 1.65. The molecule has 0 aliphatic carbocycles. The fourth-order valence-corrected chi connectivity index (χ4v) is 1.65. The van der Waals surface area contributed by atoms with Crippen LogP contribution in [-0.2, 0) is 7.05 Å². The minimum Gasteiger partial charge on any atom is -0.496 e. The van der Waals surface area contributed by atoms with Gasteiger partial charge in [-0.15, -0.1) is 0 Å². The van der Waals surface area contributed by atoms with Gasteiger partial charge in [-0.1, -0.05) is 0 Å². The number of benzene rings is 1. The highest BCUT2D eigenvalue weighted by Gasteiger charge is 2.12. The van der Waals surface area contributed by atoms with Crippen LogP contribution in [0.5, 0.6) is 5.75 Å². The van der Waals surface area contributed by atoms with Crippen molar-refractivity contribution in [1.29, 1.82) is 0 Å². The normalized spacial score (nSPS) is 10.4. The molecule has 5 heteroatoms. The summed E-state index contributed by atoms with van der Waals surface area (Å²) in [7, 11) is 3.47. The van der Waals surface area contributed by atoms with Gasteiger partial charge in [-0.25, -0.2) is 9.67 Å². The maximum absolute atomic E-state index is 5.76. The smallest absolute Gasteiger partial charge is 0.161 e. The quantitative estimate of drug-likeness (QED) is 0.773. The van der Waals surface area contributed by atoms with Crippen LogP contribution in [0.3, 0.4) is 0 Å². The average molecular weight is 218 g/mol. The predicted octanol–water partition coefficient (Wildman–Crippen LogP) is 1.38. The van der Waals surface area contributed by atoms with E-state index in [2.05, 4.69) is 10.1 Å². The van der Waals surface area contributed by atoms with Crippen molar-refractivity contribution >= 4 is 5.69 Å². The zero-order valence-corrected chi connectivity index (χ0v) is 9.56. The van der Waals surface area contributed by atoms with Crippen molar-refractivity contribution in [2.24, 2.45) is 7.05 Å². The second-order valence-electron chi connectivity index (χ2n) is 3.57. The monoisotopic (exact) mass is 218 g/mol. The number of aryl methyl sites for hydroxylation is 2. The first kappa shape index (κ1) is 10.5. The topological polar surface area (TPSA) is 66.0 Å². The lowest BCUT2D eigenvalue weighted by Gasteiger charge is -2.08. The van der Waals surface area contributed by atoms with Gasteiger partial charge in [0, 0.05) is 12.7 Å². The zero-order chi connectivity index (χ0) is 11.7. The van der Waals surface area contributed by atoms with E-state index in [1.807, 2.05) is 26.1 Å². The molecule has 0 bridgehead atoms. The molecule has 2 rings (SSSR count). The Morgan fingerprint density at radius 2 is 2.12 bits per heavy atom. The lowest BCUT2D eigenvalue weighted by molar-refractivity contribution is 0.416. The van der Waals surface area contributed by atoms with Crippen molar-refractivity contribution in [2.75, 3.05) is 12.8 Å². The van der Waals surface area contributed by atoms with Gasteiger partial charge in [0.2, 0.25) is 0 Å². The molecule has 0 aliphatic rings. The van der Waals surface area contributed by atoms with E-state index < -0.39 is 0 Å². The molecule has 5 nitrogen and oxygen atoms in total. The summed E-state index contributed by atoms with van der Waals surface area (Å²) in [5.74, 6) is 2.22. The minimum atomic E-state index is 0.677. The van der Waals surface area contributed by atoms with E-state index in [1.165, 1.54) is 0 Å². The third kappa shape index (κ3) is 1.71. The fraction of sp³-hybridized carbons (Fsp3) is 0.273. The molecule has 1 heterocycles. The highest BCUT2D eigenvalue weighted by atomic mass is 16.5. The Morgan fingerprint density at radius 3 is 2.69 bits per heavy atom. The molecule has 0 saturated carbocycles. The molecule has 16 heavy (non-hydrogen) atoms. The van der Waals surface area contributed by atoms with Gasteiger partial charge in [-0.05, 0) is 25.1 Å². The molecule has 0 amide bonds. The second-order valence-corrected chi connectivity index (χ2v) is 3.57. The highest BCUT2D eigenvalue weighted by molar-refractivity contribution is 5.69. The maximum Gasteiger partial charge on any atom is 0.161 e. The molecule has 1 aromatic carbocycles. The number of hydrogen-bond acceptors (Lipinski definition) is 4. The van der Waals surface area contributed by atoms with E-state index >= 15 is 0 Å². The van der Waals surface area contributed by atoms with Crippen LogP contribution in [0.25, 0.3) is 11.4 Å². The van der Waals surface area contributed by atoms with Crippen LogP contribution in [-0.4, -0.2) is 21.9 Å². The molecule has 0 spiro atoms. The van der Waals surface area contributed by atoms with Gasteiger partial charge in [0.1, 0.15) is 11.6 Å². The Hall–Kier alpha value is -2.04. The molecule has 2 N–H and O–H groups in total. The van der Waals surface area contributed by atoms with Crippen LogP contribution in [0.2, 0.25) is 0 Å². The van der Waals surface area contributed by atoms with Crippen LogP contribution < -0.4 is 10.5 Å². The van der Waals surface area contributed by atoms with Gasteiger partial charge in [0.05, 0.1) is 12.7 Å². The van der Waals surface area contributed by atoms with Crippen LogP contribution >= 0.6 is 0 Å². The van der Waals surface area contributed by atoms with Crippen molar-refractivity contribution < 1.29 is 4.74 Å². The van der Waals surface area contributed by atoms with E-state index in [-0.39, 0.29) is 0 Å². The molecule has 0 unspecified atom stereocenters. The molecule has 84 valence electrons. The Bertz CT molecular complexity index is 519. The van der Waals surface area contributed by atoms with Crippen LogP contribution in [0.1, 0.15) is 5.82 Å². The van der Waals surface area contributed by atoms with Crippen LogP contribution in [0.4, 0.5) is 5.69 Å². The average Bonchev–Trinajstić information content (AvgIpc) is 2.57. The maximum atomic E-state index is 5.76. The SMILES string of the molecule is COc1ccc(N)cc1-c1nc(C)nn1C. The number of aromatic nitrogens is 3. The van der Waals surface area contributed by atoms with E-state index in [4.69, 9.17) is 10.5 Å². The first-order valence-electron chi connectivity index (χ1n) is 4.93. The standard InChI is InChI=1S/C11H14N4O/c1-7-13-11(15(2)14-7)9-6-8(12)4-5-10(9)16-3/h4-6H,12H2,1-3H3. The summed E-state index contributed by atoms with van der Waals surface area (Å²) >= 11 is 0. The minimum absolute atomic E-state index is 0.677. The van der Waals surface area contributed by atoms with Crippen molar-refractivity contribution in [3.8, 4) is 17.1 Å². The van der Waals surface area contributed by atoms with E-state index in [0.29, 0.717) is 5.69 Å². The molecule has 0 saturated heterocycles. The summed E-state index contributed by atoms with van der Waals surface area (Å²) in [6, 6.07) is 5.46. The number of nitrogens with zero attached hydrogens (tertiary/aromatic N) is 3. The summed E-state index contributed by atoms with van der Waals surface area (Å²) in [6.45, 7) is 1.85. The largest absolute Gasteiger partial charge is 0.496 e. The Balaban J connectivity index is 2.62. The predicted molar refractivity (Wildman–Crippen MR) is 62.1 cm³/mol. The zero-order valence-electron chi connectivity index (χ0n) is 9.56. The molecule has 0 aliphatic heterocycles. The number of nitrogen functional groups attached to an aromatic ring is 1. The Morgan fingerprint density at radius 1 is 1.38 bits per heavy atom. The van der Waals surface area contributed by atoms with Gasteiger partial charge in [0.25, 0.3) is 0 Å². The second kappa shape index (κ2) is 3.84. The Kier molecular flexibility index (Phi) is 2.52. The summed E-state index contributed by atoms with van der Waals surface area (Å²) in [5, 5.41) is 4.20. The number of nitrogens with two attached hydrogens (primary N) is 1. The Labute approximate surface area is 93.9 Å². The van der Waals surface area contributed by atoms with Gasteiger partial charge >= 0.3 is 0 Å². The van der Waals surface area contributed by atoms with Crippen molar-refractivity contribution in [3.63, 3.8) is 0 Å². The van der Waals surface area contributed by atoms with E-state index in [9.17, 15) is 0 Å². The third-order valence-electron chi connectivity index (χ3n) is 2.33. The van der Waals surface area contributed by atoms with Gasteiger partial charge in [-0.3, -0.25) is 0 Å². The van der Waals surface area contributed by atoms with Gasteiger partial charge in [0.15, 0.2) is 5.82 Å². The molecule has 0 atom stereocenters. The number of anilines is 1. The summed E-state index contributed by atoms with van der Waals surface area (Å²) in [5.41, 5.74) is 7.29. The molecule has 1 aromatic heterocycles. The summed E-state index contributed by atoms with van der Waals surface area (Å²) in [4.78, 5) is 4.35. The number of methoxy groups -OCH3 is 1. The first-order chi connectivity index (χ1) is 7.61. The molecule has 2 aromatic rings. The molecular weight excluding hydrogens is 204 g/mol. The number of hydrogen-bond donors (Lipinski definition) is 1. The van der Waals surface area contributed by atoms with Crippen molar-refractivity contribution in [1.82, 2.24) is 14.8 Å². The molecule has 0 radical (unpaired) electrons. The van der Waals surface area contributed by atoms with E-state index in [0.717, 1.165) is 23.0 Å². The number of ether oxygens (including phenoxy) is 1. The lowest BCUT2D eigenvalue weighted by atomic mass is 10.1. The molecular formula is C11H14N4O. The number of rotatable bonds is 2. The van der Waals surface area contributed by atoms with Gasteiger partial charge < -0.3 is 10.5 Å². The van der Waals surface area contributed by atoms with Crippen LogP contribution in [0.15, 0.2) is 18.2 Å². The first-order valence-corrected chi connectivity index (χ1v) is 4.93. The third-order valence-corrected chi connectivity index (χ3v) is 2.33. The van der Waals surface area contributed by atoms with Crippen molar-refractivity contribution in [3.05, 3.63) is 24.0 Å². The lowest BCUT2D eigenvalue weighted by Crippen LogP contribution is -1.98. The van der Waals surface area contributed by atoms with Gasteiger partial charge in [-0.2, -0.15) is 5.10 Å².